The standard InChI is InChI=1S/C17H19NO3/c1-13-6-3-4-9-16(13)21-12-17(19)18-11-14-7-5-8-15(10-14)20-2/h3-10H,11-12H2,1-2H3,(H,18,19). The topological polar surface area (TPSA) is 47.6 Å². The molecule has 0 bridgehead atoms. The van der Waals surface area contributed by atoms with Gasteiger partial charge in [0.1, 0.15) is 11.5 Å². The number of methoxy groups -OCH3 is 1. The van der Waals surface area contributed by atoms with E-state index >= 15 is 0 Å². The summed E-state index contributed by atoms with van der Waals surface area (Å²) < 4.78 is 10.6. The average Bonchev–Trinajstić information content (AvgIpc) is 2.52. The molecular weight excluding hydrogens is 266 g/mol. The predicted molar refractivity (Wildman–Crippen MR) is 81.5 cm³/mol. The van der Waals surface area contributed by atoms with Gasteiger partial charge in [-0.1, -0.05) is 30.3 Å². The van der Waals surface area contributed by atoms with Crippen molar-refractivity contribution in [2.24, 2.45) is 0 Å². The molecular formula is C17H19NO3. The van der Waals surface area contributed by atoms with Crippen molar-refractivity contribution in [3.8, 4) is 11.5 Å². The molecule has 2 aromatic carbocycles. The van der Waals surface area contributed by atoms with Crippen molar-refractivity contribution in [1.29, 1.82) is 0 Å². The number of nitrogens with one attached hydrogen (secondary N) is 1. The summed E-state index contributed by atoms with van der Waals surface area (Å²) in [5, 5.41) is 2.82. The highest BCUT2D eigenvalue weighted by molar-refractivity contribution is 5.77. The molecule has 0 spiro atoms. The zero-order valence-corrected chi connectivity index (χ0v) is 12.3. The first-order valence-corrected chi connectivity index (χ1v) is 6.77. The zero-order chi connectivity index (χ0) is 15.1. The maximum absolute atomic E-state index is 11.8. The van der Waals surface area contributed by atoms with Gasteiger partial charge in [-0.15, -0.1) is 0 Å². The summed E-state index contributed by atoms with van der Waals surface area (Å²) in [7, 11) is 1.62. The number of aryl methyl sites for hydroxylation is 1. The highest BCUT2D eigenvalue weighted by Crippen LogP contribution is 2.16. The number of rotatable bonds is 6. The lowest BCUT2D eigenvalue weighted by Gasteiger charge is -2.10. The van der Waals surface area contributed by atoms with Gasteiger partial charge in [-0.05, 0) is 36.2 Å². The number of ether oxygens (including phenoxy) is 2. The third-order valence-electron chi connectivity index (χ3n) is 3.08. The van der Waals surface area contributed by atoms with Crippen LogP contribution >= 0.6 is 0 Å². The van der Waals surface area contributed by atoms with Crippen LogP contribution in [0.15, 0.2) is 48.5 Å². The van der Waals surface area contributed by atoms with E-state index in [2.05, 4.69) is 5.32 Å². The normalized spacial score (nSPS) is 10.0. The summed E-state index contributed by atoms with van der Waals surface area (Å²) >= 11 is 0. The Balaban J connectivity index is 1.81. The van der Waals surface area contributed by atoms with Gasteiger partial charge in [-0.3, -0.25) is 4.79 Å². The molecule has 0 atom stereocenters. The Morgan fingerprint density at radius 2 is 1.95 bits per heavy atom. The largest absolute Gasteiger partial charge is 0.497 e. The minimum Gasteiger partial charge on any atom is -0.497 e. The van der Waals surface area contributed by atoms with E-state index in [0.29, 0.717) is 6.54 Å². The van der Waals surface area contributed by atoms with Gasteiger partial charge in [0, 0.05) is 6.54 Å². The van der Waals surface area contributed by atoms with Crippen LogP contribution in [0, 0.1) is 6.92 Å². The molecule has 2 aromatic rings. The number of carbonyl (C=O) groups excluding carboxylic acids is 1. The van der Waals surface area contributed by atoms with E-state index in [1.807, 2.05) is 55.5 Å². The van der Waals surface area contributed by atoms with Gasteiger partial charge in [0.15, 0.2) is 6.61 Å². The monoisotopic (exact) mass is 285 g/mol. The van der Waals surface area contributed by atoms with E-state index in [4.69, 9.17) is 9.47 Å². The maximum Gasteiger partial charge on any atom is 0.258 e. The van der Waals surface area contributed by atoms with Crippen LogP contribution in [-0.4, -0.2) is 19.6 Å². The fourth-order valence-electron chi connectivity index (χ4n) is 1.90. The Labute approximate surface area is 124 Å². The lowest BCUT2D eigenvalue weighted by molar-refractivity contribution is -0.123. The van der Waals surface area contributed by atoms with Crippen molar-refractivity contribution in [2.75, 3.05) is 13.7 Å². The van der Waals surface area contributed by atoms with Crippen LogP contribution in [0.2, 0.25) is 0 Å². The number of amides is 1. The summed E-state index contributed by atoms with van der Waals surface area (Å²) in [6.07, 6.45) is 0. The molecule has 21 heavy (non-hydrogen) atoms. The fraction of sp³-hybridized carbons (Fsp3) is 0.235. The number of benzene rings is 2. The van der Waals surface area contributed by atoms with Crippen molar-refractivity contribution in [3.05, 3.63) is 59.7 Å². The van der Waals surface area contributed by atoms with Crippen molar-refractivity contribution in [1.82, 2.24) is 5.32 Å². The van der Waals surface area contributed by atoms with Crippen LogP contribution in [0.4, 0.5) is 0 Å². The van der Waals surface area contributed by atoms with Crippen molar-refractivity contribution < 1.29 is 14.3 Å². The first-order chi connectivity index (χ1) is 10.2. The Bertz CT molecular complexity index is 610. The van der Waals surface area contributed by atoms with Crippen molar-refractivity contribution in [2.45, 2.75) is 13.5 Å². The molecule has 0 heterocycles. The van der Waals surface area contributed by atoms with Gasteiger partial charge < -0.3 is 14.8 Å². The van der Waals surface area contributed by atoms with Gasteiger partial charge in [0.05, 0.1) is 7.11 Å². The summed E-state index contributed by atoms with van der Waals surface area (Å²) in [6, 6.07) is 15.2. The van der Waals surface area contributed by atoms with Crippen molar-refractivity contribution >= 4 is 5.91 Å². The zero-order valence-electron chi connectivity index (χ0n) is 12.3. The quantitative estimate of drug-likeness (QED) is 0.887. The summed E-state index contributed by atoms with van der Waals surface area (Å²) in [5.41, 5.74) is 2.00. The van der Waals surface area contributed by atoms with Gasteiger partial charge in [-0.25, -0.2) is 0 Å². The molecule has 110 valence electrons. The van der Waals surface area contributed by atoms with Gasteiger partial charge >= 0.3 is 0 Å². The van der Waals surface area contributed by atoms with Crippen LogP contribution in [0.1, 0.15) is 11.1 Å². The lowest BCUT2D eigenvalue weighted by atomic mass is 10.2. The first kappa shape index (κ1) is 14.9. The second-order valence-corrected chi connectivity index (χ2v) is 4.68. The molecule has 0 radical (unpaired) electrons. The van der Waals surface area contributed by atoms with E-state index in [1.165, 1.54) is 0 Å². The van der Waals surface area contributed by atoms with E-state index in [1.54, 1.807) is 7.11 Å². The molecule has 0 aromatic heterocycles. The number of hydrogen-bond acceptors (Lipinski definition) is 3. The van der Waals surface area contributed by atoms with E-state index in [9.17, 15) is 4.79 Å². The minimum absolute atomic E-state index is 0.00875. The Morgan fingerprint density at radius 3 is 2.71 bits per heavy atom. The number of hydrogen-bond donors (Lipinski definition) is 1. The fourth-order valence-corrected chi connectivity index (χ4v) is 1.90. The molecule has 0 saturated carbocycles. The third kappa shape index (κ3) is 4.53. The Hall–Kier alpha value is -2.49. The van der Waals surface area contributed by atoms with Gasteiger partial charge in [0.2, 0.25) is 0 Å². The molecule has 1 amide bonds. The molecule has 2 rings (SSSR count). The highest BCUT2D eigenvalue weighted by atomic mass is 16.5. The number of carbonyl (C=O) groups is 1. The summed E-state index contributed by atoms with van der Waals surface area (Å²) in [4.78, 5) is 11.8. The SMILES string of the molecule is COc1cccc(CNC(=O)COc2ccccc2C)c1. The molecule has 0 unspecified atom stereocenters. The van der Waals surface area contributed by atoms with Gasteiger partial charge in [0.25, 0.3) is 5.91 Å². The van der Waals surface area contributed by atoms with Crippen LogP contribution < -0.4 is 14.8 Å². The van der Waals surface area contributed by atoms with E-state index in [0.717, 1.165) is 22.6 Å². The van der Waals surface area contributed by atoms with Crippen LogP contribution in [-0.2, 0) is 11.3 Å². The molecule has 4 heteroatoms. The molecule has 1 N–H and O–H groups in total. The molecule has 0 aliphatic rings. The smallest absolute Gasteiger partial charge is 0.258 e. The molecule has 0 fully saturated rings. The second-order valence-electron chi connectivity index (χ2n) is 4.68. The van der Waals surface area contributed by atoms with Gasteiger partial charge in [-0.2, -0.15) is 0 Å². The Morgan fingerprint density at radius 1 is 1.14 bits per heavy atom. The summed E-state index contributed by atoms with van der Waals surface area (Å²) in [5.74, 6) is 1.35. The molecule has 4 nitrogen and oxygen atoms in total. The third-order valence-corrected chi connectivity index (χ3v) is 3.08. The first-order valence-electron chi connectivity index (χ1n) is 6.77. The minimum atomic E-state index is -0.152. The Kier molecular flexibility index (Phi) is 5.21. The second kappa shape index (κ2) is 7.33. The average molecular weight is 285 g/mol. The highest BCUT2D eigenvalue weighted by Gasteiger charge is 2.04. The number of para-hydroxylation sites is 1. The predicted octanol–water partition coefficient (Wildman–Crippen LogP) is 2.70. The maximum atomic E-state index is 11.8. The summed E-state index contributed by atoms with van der Waals surface area (Å²) in [6.45, 7) is 2.41. The lowest BCUT2D eigenvalue weighted by Crippen LogP contribution is -2.28. The molecule has 0 saturated heterocycles. The van der Waals surface area contributed by atoms with E-state index in [-0.39, 0.29) is 12.5 Å². The van der Waals surface area contributed by atoms with Crippen LogP contribution in [0.5, 0.6) is 11.5 Å². The molecule has 0 aliphatic heterocycles. The van der Waals surface area contributed by atoms with Crippen LogP contribution in [0.25, 0.3) is 0 Å². The van der Waals surface area contributed by atoms with Crippen molar-refractivity contribution in [3.63, 3.8) is 0 Å². The molecule has 0 aliphatic carbocycles. The van der Waals surface area contributed by atoms with Crippen LogP contribution in [0.3, 0.4) is 0 Å². The van der Waals surface area contributed by atoms with E-state index < -0.39 is 0 Å².